The fraction of sp³-hybridized carbons (Fsp3) is 0.303. The highest BCUT2D eigenvalue weighted by Crippen LogP contribution is 2.53. The maximum Gasteiger partial charge on any atom is 0.247 e. The molecule has 0 unspecified atom stereocenters. The van der Waals surface area contributed by atoms with Gasteiger partial charge in [-0.3, -0.25) is 9.69 Å². The normalized spacial score (nSPS) is 23.4. The molecule has 1 saturated carbocycles. The first-order valence-corrected chi connectivity index (χ1v) is 13.5. The van der Waals surface area contributed by atoms with Gasteiger partial charge in [0.05, 0.1) is 5.54 Å². The molecule has 1 fully saturated rings. The van der Waals surface area contributed by atoms with Crippen molar-refractivity contribution in [3.8, 4) is 0 Å². The second-order valence-electron chi connectivity index (χ2n) is 11.0. The van der Waals surface area contributed by atoms with Crippen LogP contribution in [-0.2, 0) is 22.3 Å². The minimum atomic E-state index is -0.463. The number of halogens is 1. The van der Waals surface area contributed by atoms with Crippen LogP contribution in [-0.4, -0.2) is 41.3 Å². The predicted octanol–water partition coefficient (Wildman–Crippen LogP) is 6.63. The van der Waals surface area contributed by atoms with E-state index in [1.165, 1.54) is 11.6 Å². The van der Waals surface area contributed by atoms with Crippen LogP contribution in [0.3, 0.4) is 0 Å². The molecule has 1 spiro atoms. The number of hydrogen-bond acceptors (Lipinski definition) is 2. The highest BCUT2D eigenvalue weighted by molar-refractivity contribution is 5.93. The van der Waals surface area contributed by atoms with Crippen LogP contribution in [0, 0.1) is 5.82 Å². The monoisotopic (exact) mass is 507 g/mol. The summed E-state index contributed by atoms with van der Waals surface area (Å²) in [5, 5.41) is 0.943. The highest BCUT2D eigenvalue weighted by Gasteiger charge is 2.52. The summed E-state index contributed by atoms with van der Waals surface area (Å²) in [6, 6.07) is 25.7. The van der Waals surface area contributed by atoms with E-state index >= 15 is 0 Å². The molecule has 1 aliphatic carbocycles. The molecule has 6 rings (SSSR count). The van der Waals surface area contributed by atoms with Crippen molar-refractivity contribution in [2.75, 3.05) is 20.6 Å². The molecule has 3 aromatic carbocycles. The number of benzene rings is 3. The van der Waals surface area contributed by atoms with Crippen molar-refractivity contribution in [3.63, 3.8) is 0 Å². The quantitative estimate of drug-likeness (QED) is 0.315. The molecule has 0 saturated heterocycles. The lowest BCUT2D eigenvalue weighted by Gasteiger charge is -2.55. The van der Waals surface area contributed by atoms with E-state index in [4.69, 9.17) is 0 Å². The van der Waals surface area contributed by atoms with Gasteiger partial charge < -0.3 is 9.88 Å². The summed E-state index contributed by atoms with van der Waals surface area (Å²) in [7, 11) is 4.32. The van der Waals surface area contributed by atoms with Gasteiger partial charge in [0.15, 0.2) is 0 Å². The van der Waals surface area contributed by atoms with Crippen molar-refractivity contribution in [1.29, 1.82) is 0 Å². The van der Waals surface area contributed by atoms with E-state index in [0.29, 0.717) is 13.0 Å². The second kappa shape index (κ2) is 9.55. The SMILES string of the molecule is CN(C)C1(c2ccccc2)CCC2(CC1)c1[nH]c3ccc(F)cc3c1CCN2C(=O)C=Cc1ccccc1. The zero-order valence-electron chi connectivity index (χ0n) is 22.1. The summed E-state index contributed by atoms with van der Waals surface area (Å²) < 4.78 is 14.3. The van der Waals surface area contributed by atoms with Gasteiger partial charge >= 0.3 is 0 Å². The topological polar surface area (TPSA) is 39.3 Å². The largest absolute Gasteiger partial charge is 0.356 e. The minimum absolute atomic E-state index is 0.0291. The Bertz CT molecular complexity index is 1480. The molecule has 4 nitrogen and oxygen atoms in total. The molecule has 1 aromatic heterocycles. The first-order valence-electron chi connectivity index (χ1n) is 13.5. The van der Waals surface area contributed by atoms with Crippen molar-refractivity contribution in [2.45, 2.75) is 43.2 Å². The highest BCUT2D eigenvalue weighted by atomic mass is 19.1. The molecule has 2 aliphatic rings. The molecule has 0 bridgehead atoms. The number of H-pyrrole nitrogens is 1. The summed E-state index contributed by atoms with van der Waals surface area (Å²) in [5.74, 6) is -0.196. The summed E-state index contributed by atoms with van der Waals surface area (Å²) in [6.45, 7) is 0.620. The fourth-order valence-electron chi connectivity index (χ4n) is 6.93. The van der Waals surface area contributed by atoms with Crippen molar-refractivity contribution >= 4 is 22.9 Å². The Balaban J connectivity index is 1.43. The molecule has 4 aromatic rings. The van der Waals surface area contributed by atoms with Crippen LogP contribution in [0.1, 0.15) is 48.1 Å². The van der Waals surface area contributed by atoms with Gasteiger partial charge in [0, 0.05) is 34.8 Å². The zero-order valence-corrected chi connectivity index (χ0v) is 22.1. The summed E-state index contributed by atoms with van der Waals surface area (Å²) in [6.07, 6.45) is 7.82. The van der Waals surface area contributed by atoms with Gasteiger partial charge in [-0.1, -0.05) is 60.7 Å². The molecule has 1 N–H and O–H groups in total. The number of nitrogens with zero attached hydrogens (tertiary/aromatic N) is 2. The molecule has 0 atom stereocenters. The second-order valence-corrected chi connectivity index (χ2v) is 11.0. The van der Waals surface area contributed by atoms with E-state index in [-0.39, 0.29) is 17.3 Å². The molecular formula is C33H34FN3O. The van der Waals surface area contributed by atoms with Crippen molar-refractivity contribution in [1.82, 2.24) is 14.8 Å². The van der Waals surface area contributed by atoms with Crippen LogP contribution in [0.5, 0.6) is 0 Å². The van der Waals surface area contributed by atoms with Crippen molar-refractivity contribution < 1.29 is 9.18 Å². The minimum Gasteiger partial charge on any atom is -0.356 e. The Hall–Kier alpha value is -3.70. The number of nitrogens with one attached hydrogen (secondary N) is 1. The molecule has 194 valence electrons. The Kier molecular flexibility index (Phi) is 6.19. The number of amides is 1. The number of carbonyl (C=O) groups excluding carboxylic acids is 1. The van der Waals surface area contributed by atoms with E-state index in [2.05, 4.69) is 59.2 Å². The standard InChI is InChI=1S/C33H34FN3O/c1-36(2)32(25-11-7-4-8-12-25)18-20-33(21-19-32)31-27(28-23-26(34)14-15-29(28)35-31)17-22-37(33)30(38)16-13-24-9-5-3-6-10-24/h3-16,23,35H,17-22H2,1-2H3. The molecule has 1 amide bonds. The fourth-order valence-corrected chi connectivity index (χ4v) is 6.93. The van der Waals surface area contributed by atoms with E-state index in [0.717, 1.165) is 53.4 Å². The first kappa shape index (κ1) is 24.6. The molecule has 1 aliphatic heterocycles. The maximum absolute atomic E-state index is 14.3. The number of aromatic nitrogens is 1. The average molecular weight is 508 g/mol. The Labute approximate surface area is 223 Å². The van der Waals surface area contributed by atoms with E-state index in [9.17, 15) is 9.18 Å². The van der Waals surface area contributed by atoms with Crippen LogP contribution in [0.2, 0.25) is 0 Å². The van der Waals surface area contributed by atoms with Gasteiger partial charge in [-0.05, 0) is 87.2 Å². The van der Waals surface area contributed by atoms with E-state index in [1.54, 1.807) is 12.1 Å². The number of hydrogen-bond donors (Lipinski definition) is 1. The van der Waals surface area contributed by atoms with Gasteiger partial charge in [0.1, 0.15) is 5.82 Å². The first-order chi connectivity index (χ1) is 18.4. The number of aromatic amines is 1. The Morgan fingerprint density at radius 1 is 0.947 bits per heavy atom. The van der Waals surface area contributed by atoms with Crippen molar-refractivity contribution in [2.24, 2.45) is 0 Å². The lowest BCUT2D eigenvalue weighted by atomic mass is 9.65. The average Bonchev–Trinajstić information content (AvgIpc) is 3.32. The third kappa shape index (κ3) is 3.97. The summed E-state index contributed by atoms with van der Waals surface area (Å²) in [4.78, 5) is 21.9. The lowest BCUT2D eigenvalue weighted by Crippen LogP contribution is -2.58. The van der Waals surface area contributed by atoms with Crippen LogP contribution >= 0.6 is 0 Å². The number of carbonyl (C=O) groups is 1. The smallest absolute Gasteiger partial charge is 0.247 e. The molecule has 2 heterocycles. The molecule has 38 heavy (non-hydrogen) atoms. The third-order valence-electron chi connectivity index (χ3n) is 8.99. The Morgan fingerprint density at radius 3 is 2.32 bits per heavy atom. The van der Waals surface area contributed by atoms with Crippen LogP contribution in [0.25, 0.3) is 17.0 Å². The van der Waals surface area contributed by atoms with Gasteiger partial charge in [0.25, 0.3) is 0 Å². The molecule has 5 heteroatoms. The van der Waals surface area contributed by atoms with Crippen LogP contribution < -0.4 is 0 Å². The number of rotatable bonds is 4. The predicted molar refractivity (Wildman–Crippen MR) is 151 cm³/mol. The third-order valence-corrected chi connectivity index (χ3v) is 8.99. The van der Waals surface area contributed by atoms with E-state index in [1.807, 2.05) is 42.5 Å². The van der Waals surface area contributed by atoms with Crippen molar-refractivity contribution in [3.05, 3.63) is 113 Å². The van der Waals surface area contributed by atoms with Gasteiger partial charge in [-0.25, -0.2) is 4.39 Å². The maximum atomic E-state index is 14.3. The zero-order chi connectivity index (χ0) is 26.3. The van der Waals surface area contributed by atoms with Crippen LogP contribution in [0.4, 0.5) is 4.39 Å². The number of fused-ring (bicyclic) bond motifs is 4. The van der Waals surface area contributed by atoms with Gasteiger partial charge in [-0.15, -0.1) is 0 Å². The molecular weight excluding hydrogens is 473 g/mol. The van der Waals surface area contributed by atoms with Crippen LogP contribution in [0.15, 0.2) is 84.9 Å². The van der Waals surface area contributed by atoms with Gasteiger partial charge in [-0.2, -0.15) is 0 Å². The van der Waals surface area contributed by atoms with Gasteiger partial charge in [0.2, 0.25) is 5.91 Å². The summed E-state index contributed by atoms with van der Waals surface area (Å²) >= 11 is 0. The Morgan fingerprint density at radius 2 is 1.63 bits per heavy atom. The summed E-state index contributed by atoms with van der Waals surface area (Å²) in [5.41, 5.74) is 4.95. The lowest BCUT2D eigenvalue weighted by molar-refractivity contribution is -0.137. The molecule has 0 radical (unpaired) electrons. The van der Waals surface area contributed by atoms with E-state index < -0.39 is 5.54 Å².